The van der Waals surface area contributed by atoms with E-state index in [1.807, 2.05) is 0 Å². The lowest BCUT2D eigenvalue weighted by Gasteiger charge is -2.33. The summed E-state index contributed by atoms with van der Waals surface area (Å²) >= 11 is 0. The SMILES string of the molecule is CC(=CC1CCC(c2c(C)c(C)c(C)c(C)c2C)CC1)C1CCC(CC=C(F)F)CC1. The van der Waals surface area contributed by atoms with Gasteiger partial charge in [0.05, 0.1) is 0 Å². The topological polar surface area (TPSA) is 0 Å². The fourth-order valence-electron chi connectivity index (χ4n) is 6.33. The molecule has 2 fully saturated rings. The van der Waals surface area contributed by atoms with Crippen LogP contribution in [0, 0.1) is 52.4 Å². The molecule has 0 heterocycles. The smallest absolute Gasteiger partial charge is 0.174 e. The number of benzene rings is 1. The summed E-state index contributed by atoms with van der Waals surface area (Å²) in [7, 11) is 0. The van der Waals surface area contributed by atoms with Gasteiger partial charge in [0.25, 0.3) is 6.08 Å². The van der Waals surface area contributed by atoms with Crippen LogP contribution in [0.5, 0.6) is 0 Å². The van der Waals surface area contributed by atoms with Gasteiger partial charge in [0.2, 0.25) is 0 Å². The van der Waals surface area contributed by atoms with Gasteiger partial charge >= 0.3 is 0 Å². The number of hydrogen-bond donors (Lipinski definition) is 0. The molecule has 2 heteroatoms. The Kier molecular flexibility index (Phi) is 8.16. The third kappa shape index (κ3) is 5.68. The molecule has 0 radical (unpaired) electrons. The summed E-state index contributed by atoms with van der Waals surface area (Å²) < 4.78 is 24.7. The van der Waals surface area contributed by atoms with Gasteiger partial charge < -0.3 is 0 Å². The van der Waals surface area contributed by atoms with Gasteiger partial charge in [-0.3, -0.25) is 0 Å². The lowest BCUT2D eigenvalue weighted by Crippen LogP contribution is -2.18. The number of hydrogen-bond acceptors (Lipinski definition) is 0. The molecule has 2 aliphatic carbocycles. The first kappa shape index (κ1) is 24.2. The minimum absolute atomic E-state index is 0.453. The van der Waals surface area contributed by atoms with Crippen molar-refractivity contribution in [2.24, 2.45) is 17.8 Å². The Balaban J connectivity index is 1.57. The zero-order chi connectivity index (χ0) is 22.7. The summed E-state index contributed by atoms with van der Waals surface area (Å²) in [6, 6.07) is 0. The third-order valence-corrected chi connectivity index (χ3v) is 8.83. The lowest BCUT2D eigenvalue weighted by atomic mass is 9.72. The molecule has 1 aromatic rings. The largest absolute Gasteiger partial charge is 0.266 e. The zero-order valence-electron chi connectivity index (χ0n) is 20.6. The monoisotopic (exact) mass is 428 g/mol. The first-order chi connectivity index (χ1) is 14.7. The molecular weight excluding hydrogens is 386 g/mol. The molecule has 2 aliphatic rings. The van der Waals surface area contributed by atoms with Crippen molar-refractivity contribution < 1.29 is 8.78 Å². The van der Waals surface area contributed by atoms with Crippen LogP contribution in [0.2, 0.25) is 0 Å². The molecule has 0 aromatic heterocycles. The Labute approximate surface area is 189 Å². The first-order valence-corrected chi connectivity index (χ1v) is 12.4. The molecule has 0 amide bonds. The van der Waals surface area contributed by atoms with Crippen molar-refractivity contribution in [2.45, 2.75) is 105 Å². The van der Waals surface area contributed by atoms with E-state index in [4.69, 9.17) is 0 Å². The van der Waals surface area contributed by atoms with E-state index >= 15 is 0 Å². The average Bonchev–Trinajstić information content (AvgIpc) is 2.76. The summed E-state index contributed by atoms with van der Waals surface area (Å²) in [5.41, 5.74) is 10.7. The summed E-state index contributed by atoms with van der Waals surface area (Å²) in [4.78, 5) is 0. The van der Waals surface area contributed by atoms with Crippen molar-refractivity contribution in [1.82, 2.24) is 0 Å². The highest BCUT2D eigenvalue weighted by molar-refractivity contribution is 5.51. The highest BCUT2D eigenvalue weighted by atomic mass is 19.3. The molecule has 31 heavy (non-hydrogen) atoms. The van der Waals surface area contributed by atoms with Gasteiger partial charge in [0.1, 0.15) is 0 Å². The van der Waals surface area contributed by atoms with Gasteiger partial charge in [-0.25, -0.2) is 0 Å². The lowest BCUT2D eigenvalue weighted by molar-refractivity contribution is 0.296. The van der Waals surface area contributed by atoms with E-state index in [1.54, 1.807) is 11.1 Å². The molecule has 0 unspecified atom stereocenters. The Morgan fingerprint density at radius 1 is 0.742 bits per heavy atom. The van der Waals surface area contributed by atoms with Crippen molar-refractivity contribution in [3.63, 3.8) is 0 Å². The second-order valence-corrected chi connectivity index (χ2v) is 10.5. The van der Waals surface area contributed by atoms with Crippen molar-refractivity contribution in [2.75, 3.05) is 0 Å². The van der Waals surface area contributed by atoms with Crippen LogP contribution in [-0.4, -0.2) is 0 Å². The molecular formula is C29H42F2. The van der Waals surface area contributed by atoms with Gasteiger partial charge in [0, 0.05) is 0 Å². The molecule has 0 nitrogen and oxygen atoms in total. The molecule has 2 saturated carbocycles. The van der Waals surface area contributed by atoms with Crippen LogP contribution in [0.25, 0.3) is 0 Å². The maximum absolute atomic E-state index is 12.3. The predicted molar refractivity (Wildman–Crippen MR) is 129 cm³/mol. The second kappa shape index (κ2) is 10.5. The van der Waals surface area contributed by atoms with E-state index in [2.05, 4.69) is 47.6 Å². The third-order valence-electron chi connectivity index (χ3n) is 8.83. The van der Waals surface area contributed by atoms with Gasteiger partial charge in [-0.2, -0.15) is 8.78 Å². The zero-order valence-corrected chi connectivity index (χ0v) is 20.6. The Morgan fingerprint density at radius 2 is 1.26 bits per heavy atom. The van der Waals surface area contributed by atoms with Gasteiger partial charge in [-0.1, -0.05) is 11.6 Å². The minimum Gasteiger partial charge on any atom is -0.174 e. The van der Waals surface area contributed by atoms with E-state index < -0.39 is 6.08 Å². The van der Waals surface area contributed by atoms with Crippen molar-refractivity contribution in [1.29, 1.82) is 0 Å². The number of allylic oxidation sites excluding steroid dienone is 3. The maximum atomic E-state index is 12.3. The number of halogens is 2. The minimum atomic E-state index is -1.52. The highest BCUT2D eigenvalue weighted by Crippen LogP contribution is 2.42. The Morgan fingerprint density at radius 3 is 1.77 bits per heavy atom. The van der Waals surface area contributed by atoms with Gasteiger partial charge in [0.15, 0.2) is 0 Å². The second-order valence-electron chi connectivity index (χ2n) is 10.5. The standard InChI is InChI=1S/C29H42F2/c1-18(26-12-7-24(8-13-26)11-16-28(30)31)17-25-9-14-27(15-10-25)29-22(5)20(3)19(2)21(4)23(29)6/h16-17,24-27H,7-15H2,1-6H3. The fourth-order valence-corrected chi connectivity index (χ4v) is 6.33. The summed E-state index contributed by atoms with van der Waals surface area (Å²) in [6.45, 7) is 13.8. The van der Waals surface area contributed by atoms with E-state index in [1.165, 1.54) is 66.3 Å². The van der Waals surface area contributed by atoms with Crippen LogP contribution in [0.15, 0.2) is 23.8 Å². The molecule has 172 valence electrons. The molecule has 0 spiro atoms. The van der Waals surface area contributed by atoms with Gasteiger partial charge in [-0.05, 0) is 162 Å². The molecule has 0 saturated heterocycles. The van der Waals surface area contributed by atoms with Crippen LogP contribution >= 0.6 is 0 Å². The molecule has 0 bridgehead atoms. The van der Waals surface area contributed by atoms with E-state index in [-0.39, 0.29) is 0 Å². The van der Waals surface area contributed by atoms with Crippen molar-refractivity contribution >= 4 is 0 Å². The Bertz CT molecular complexity index is 796. The highest BCUT2D eigenvalue weighted by Gasteiger charge is 2.27. The average molecular weight is 429 g/mol. The summed E-state index contributed by atoms with van der Waals surface area (Å²) in [6.07, 6.45) is 12.4. The number of rotatable bonds is 5. The molecule has 3 rings (SSSR count). The molecule has 0 aliphatic heterocycles. The molecule has 1 aromatic carbocycles. The van der Waals surface area contributed by atoms with E-state index in [9.17, 15) is 8.78 Å². The van der Waals surface area contributed by atoms with Gasteiger partial charge in [-0.15, -0.1) is 0 Å². The summed E-state index contributed by atoms with van der Waals surface area (Å²) in [5, 5.41) is 0. The van der Waals surface area contributed by atoms with Crippen molar-refractivity contribution in [3.8, 4) is 0 Å². The first-order valence-electron chi connectivity index (χ1n) is 12.4. The van der Waals surface area contributed by atoms with Crippen LogP contribution in [0.4, 0.5) is 8.78 Å². The van der Waals surface area contributed by atoms with Crippen LogP contribution < -0.4 is 0 Å². The van der Waals surface area contributed by atoms with Crippen LogP contribution in [0.3, 0.4) is 0 Å². The molecule has 0 N–H and O–H groups in total. The molecule has 0 atom stereocenters. The predicted octanol–water partition coefficient (Wildman–Crippen LogP) is 9.43. The maximum Gasteiger partial charge on any atom is 0.266 e. The Hall–Kier alpha value is -1.44. The van der Waals surface area contributed by atoms with Crippen LogP contribution in [-0.2, 0) is 0 Å². The van der Waals surface area contributed by atoms with Crippen LogP contribution in [0.1, 0.15) is 104 Å². The van der Waals surface area contributed by atoms with E-state index in [0.29, 0.717) is 30.1 Å². The quantitative estimate of drug-likeness (QED) is 0.410. The normalized spacial score (nSPS) is 27.3. The summed E-state index contributed by atoms with van der Waals surface area (Å²) in [5.74, 6) is 2.54. The van der Waals surface area contributed by atoms with E-state index in [0.717, 1.165) is 18.9 Å². The van der Waals surface area contributed by atoms with Crippen molar-refractivity contribution in [3.05, 3.63) is 57.2 Å². The fraction of sp³-hybridized carbons (Fsp3) is 0.655.